The van der Waals surface area contributed by atoms with Crippen LogP contribution in [0, 0.1) is 26.6 Å². The molecule has 3 aromatic heterocycles. The minimum Gasteiger partial charge on any atom is -0.456 e. The van der Waals surface area contributed by atoms with Crippen LogP contribution < -0.4 is 0 Å². The summed E-state index contributed by atoms with van der Waals surface area (Å²) in [4.78, 5) is 13.8. The molecular weight excluding hydrogens is 427 g/mol. The van der Waals surface area contributed by atoms with Gasteiger partial charge in [0.15, 0.2) is 0 Å². The second-order valence-corrected chi connectivity index (χ2v) is 8.22. The number of carbonyl (C=O) groups excluding carboxylic acids is 1. The van der Waals surface area contributed by atoms with E-state index in [4.69, 9.17) is 20.9 Å². The maximum atomic E-state index is 14.4. The van der Waals surface area contributed by atoms with Crippen LogP contribution in [0.15, 0.2) is 46.3 Å². The lowest BCUT2D eigenvalue weighted by Gasteiger charge is -2.11. The van der Waals surface area contributed by atoms with Gasteiger partial charge in [0, 0.05) is 11.4 Å². The van der Waals surface area contributed by atoms with Gasteiger partial charge in [0.1, 0.15) is 29.4 Å². The smallest absolute Gasteiger partial charge is 0.344 e. The largest absolute Gasteiger partial charge is 0.456 e. The Labute approximate surface area is 181 Å². The van der Waals surface area contributed by atoms with E-state index >= 15 is 0 Å². The Hall–Kier alpha value is -2.90. The summed E-state index contributed by atoms with van der Waals surface area (Å²) in [6.45, 7) is 5.68. The summed E-state index contributed by atoms with van der Waals surface area (Å²) < 4.78 is 27.2. The molecule has 0 unspecified atom stereocenters. The van der Waals surface area contributed by atoms with Gasteiger partial charge in [-0.3, -0.25) is 0 Å². The number of aryl methyl sites for hydroxylation is 3. The van der Waals surface area contributed by atoms with E-state index in [0.717, 1.165) is 22.0 Å². The van der Waals surface area contributed by atoms with Gasteiger partial charge in [0.2, 0.25) is 0 Å². The first-order chi connectivity index (χ1) is 14.4. The molecule has 1 aromatic carbocycles. The first-order valence-corrected chi connectivity index (χ1v) is 10.4. The molecule has 4 aromatic rings. The minimum absolute atomic E-state index is 0.0124. The molecule has 30 heavy (non-hydrogen) atoms. The van der Waals surface area contributed by atoms with Crippen molar-refractivity contribution in [1.82, 2.24) is 9.72 Å². The van der Waals surface area contributed by atoms with E-state index in [0.29, 0.717) is 0 Å². The fourth-order valence-electron chi connectivity index (χ4n) is 3.40. The zero-order valence-corrected chi connectivity index (χ0v) is 18.1. The highest BCUT2D eigenvalue weighted by Crippen LogP contribution is 2.34. The summed E-state index contributed by atoms with van der Waals surface area (Å²) in [5.41, 5.74) is 3.25. The van der Waals surface area contributed by atoms with Crippen LogP contribution in [0.1, 0.15) is 32.4 Å². The van der Waals surface area contributed by atoms with E-state index in [2.05, 4.69) is 9.72 Å². The molecule has 0 spiro atoms. The van der Waals surface area contributed by atoms with Crippen molar-refractivity contribution in [2.24, 2.45) is 0 Å². The average molecular weight is 445 g/mol. The molecule has 0 amide bonds. The predicted octanol–water partition coefficient (Wildman–Crippen LogP) is 6.27. The monoisotopic (exact) mass is 444 g/mol. The minimum atomic E-state index is -0.650. The second-order valence-electron chi connectivity index (χ2n) is 6.82. The highest BCUT2D eigenvalue weighted by Gasteiger charge is 2.27. The topological polar surface area (TPSA) is 57.3 Å². The molecule has 0 aliphatic rings. The van der Waals surface area contributed by atoms with Gasteiger partial charge in [-0.2, -0.15) is 0 Å². The molecule has 0 N–H and O–H groups in total. The fourth-order valence-corrected chi connectivity index (χ4v) is 4.42. The van der Waals surface area contributed by atoms with Gasteiger partial charge in [-0.1, -0.05) is 22.8 Å². The van der Waals surface area contributed by atoms with Crippen LogP contribution in [-0.2, 0) is 11.3 Å². The number of hydrogen-bond donors (Lipinski definition) is 0. The second kappa shape index (κ2) is 8.08. The summed E-state index contributed by atoms with van der Waals surface area (Å²) in [6.07, 6.45) is 0. The molecule has 8 heteroatoms. The first kappa shape index (κ1) is 20.4. The molecular formula is C22H18ClFN2O3S. The molecule has 0 radical (unpaired) electrons. The number of halogens is 2. The zero-order chi connectivity index (χ0) is 21.4. The molecule has 0 fully saturated rings. The number of ether oxygens (including phenoxy) is 1. The zero-order valence-electron chi connectivity index (χ0n) is 16.5. The van der Waals surface area contributed by atoms with Gasteiger partial charge >= 0.3 is 5.97 Å². The highest BCUT2D eigenvalue weighted by molar-refractivity contribution is 7.10. The van der Waals surface area contributed by atoms with Gasteiger partial charge in [-0.15, -0.1) is 11.3 Å². The SMILES string of the molecule is Cc1onc(-c2c(F)cccc2Cl)c1C(=O)OCc1sccc1-n1c(C)ccc1C. The van der Waals surface area contributed by atoms with Crippen LogP contribution in [0.3, 0.4) is 0 Å². The highest BCUT2D eigenvalue weighted by atomic mass is 35.5. The lowest BCUT2D eigenvalue weighted by atomic mass is 10.1. The normalized spacial score (nSPS) is 11.1. The molecule has 154 valence electrons. The van der Waals surface area contributed by atoms with E-state index in [1.165, 1.54) is 29.5 Å². The van der Waals surface area contributed by atoms with Crippen molar-refractivity contribution in [3.8, 4) is 16.9 Å². The van der Waals surface area contributed by atoms with Crippen molar-refractivity contribution in [2.45, 2.75) is 27.4 Å². The molecule has 0 atom stereocenters. The van der Waals surface area contributed by atoms with Crippen molar-refractivity contribution in [3.63, 3.8) is 0 Å². The molecule has 3 heterocycles. The quantitative estimate of drug-likeness (QED) is 0.340. The molecule has 0 aliphatic carbocycles. The number of thiophene rings is 1. The number of benzene rings is 1. The van der Waals surface area contributed by atoms with Crippen LogP contribution in [0.2, 0.25) is 5.02 Å². The number of rotatable bonds is 5. The number of hydrogen-bond acceptors (Lipinski definition) is 5. The Morgan fingerprint density at radius 2 is 1.93 bits per heavy atom. The maximum Gasteiger partial charge on any atom is 0.344 e. The van der Waals surface area contributed by atoms with E-state index < -0.39 is 11.8 Å². The summed E-state index contributed by atoms with van der Waals surface area (Å²) in [7, 11) is 0. The lowest BCUT2D eigenvalue weighted by molar-refractivity contribution is 0.0475. The number of nitrogens with zero attached hydrogens (tertiary/aromatic N) is 2. The van der Waals surface area contributed by atoms with Crippen LogP contribution in [0.25, 0.3) is 16.9 Å². The van der Waals surface area contributed by atoms with Crippen LogP contribution in [-0.4, -0.2) is 15.7 Å². The van der Waals surface area contributed by atoms with Crippen molar-refractivity contribution in [2.75, 3.05) is 0 Å². The van der Waals surface area contributed by atoms with E-state index in [1.54, 1.807) is 6.92 Å². The summed E-state index contributed by atoms with van der Waals surface area (Å²) >= 11 is 7.64. The fraction of sp³-hybridized carbons (Fsp3) is 0.182. The Morgan fingerprint density at radius 3 is 2.63 bits per heavy atom. The Morgan fingerprint density at radius 1 is 1.20 bits per heavy atom. The summed E-state index contributed by atoms with van der Waals surface area (Å²) in [5.74, 6) is -1.01. The molecule has 0 aliphatic heterocycles. The summed E-state index contributed by atoms with van der Waals surface area (Å²) in [5, 5.41) is 5.94. The van der Waals surface area contributed by atoms with Crippen LogP contribution in [0.4, 0.5) is 4.39 Å². The Kier molecular flexibility index (Phi) is 5.49. The van der Waals surface area contributed by atoms with Gasteiger partial charge in [-0.05, 0) is 56.5 Å². The van der Waals surface area contributed by atoms with Crippen molar-refractivity contribution >= 4 is 28.9 Å². The molecule has 0 saturated heterocycles. The molecule has 4 rings (SSSR count). The number of carbonyl (C=O) groups is 1. The number of esters is 1. The van der Waals surface area contributed by atoms with E-state index in [1.807, 2.05) is 37.4 Å². The van der Waals surface area contributed by atoms with Gasteiger partial charge < -0.3 is 13.8 Å². The van der Waals surface area contributed by atoms with Crippen molar-refractivity contribution in [1.29, 1.82) is 0 Å². The van der Waals surface area contributed by atoms with E-state index in [-0.39, 0.29) is 34.2 Å². The van der Waals surface area contributed by atoms with Crippen molar-refractivity contribution < 1.29 is 18.4 Å². The number of aromatic nitrogens is 2. The average Bonchev–Trinajstić information content (AvgIpc) is 3.39. The predicted molar refractivity (Wildman–Crippen MR) is 114 cm³/mol. The van der Waals surface area contributed by atoms with Gasteiger partial charge in [-0.25, -0.2) is 9.18 Å². The summed E-state index contributed by atoms with van der Waals surface area (Å²) in [6, 6.07) is 10.3. The van der Waals surface area contributed by atoms with Crippen LogP contribution >= 0.6 is 22.9 Å². The Balaban J connectivity index is 1.62. The molecule has 0 saturated carbocycles. The third kappa shape index (κ3) is 3.55. The third-order valence-corrected chi connectivity index (χ3v) is 6.03. The third-order valence-electron chi connectivity index (χ3n) is 4.83. The Bertz CT molecular complexity index is 1200. The molecule has 5 nitrogen and oxygen atoms in total. The van der Waals surface area contributed by atoms with E-state index in [9.17, 15) is 9.18 Å². The van der Waals surface area contributed by atoms with Crippen molar-refractivity contribution in [3.05, 3.63) is 80.2 Å². The van der Waals surface area contributed by atoms with Gasteiger partial charge in [0.25, 0.3) is 0 Å². The maximum absolute atomic E-state index is 14.4. The lowest BCUT2D eigenvalue weighted by Crippen LogP contribution is -2.09. The van der Waals surface area contributed by atoms with Crippen LogP contribution in [0.5, 0.6) is 0 Å². The first-order valence-electron chi connectivity index (χ1n) is 9.18. The molecule has 0 bridgehead atoms. The van der Waals surface area contributed by atoms with Gasteiger partial charge in [0.05, 0.1) is 21.2 Å². The standard InChI is InChI=1S/C22H18ClFN2O3S/c1-12-7-8-13(2)26(12)17-9-10-30-18(17)11-28-22(27)19-14(3)29-25-21(19)20-15(23)5-4-6-16(20)24/h4-10H,11H2,1-3H3.